The molecule has 30 heavy (non-hydrogen) atoms. The highest BCUT2D eigenvalue weighted by atomic mass is 79.9. The van der Waals surface area contributed by atoms with Crippen molar-refractivity contribution >= 4 is 31.6 Å². The van der Waals surface area contributed by atoms with Crippen LogP contribution in [0.2, 0.25) is 0 Å². The van der Waals surface area contributed by atoms with E-state index in [-0.39, 0.29) is 40.2 Å². The molecular weight excluding hydrogens is 472 g/mol. The molecule has 0 unspecified atom stereocenters. The Hall–Kier alpha value is -1.81. The summed E-state index contributed by atoms with van der Waals surface area (Å²) in [5.74, 6) is 0. The number of ether oxygens (including phenoxy) is 1. The van der Waals surface area contributed by atoms with Gasteiger partial charge in [-0.05, 0) is 30.5 Å². The van der Waals surface area contributed by atoms with Crippen LogP contribution in [0.1, 0.15) is 37.4 Å². The number of nitro groups is 1. The van der Waals surface area contributed by atoms with E-state index in [1.165, 1.54) is 24.3 Å². The van der Waals surface area contributed by atoms with Crippen LogP contribution in [0.3, 0.4) is 0 Å². The molecule has 9 heteroatoms. The van der Waals surface area contributed by atoms with E-state index in [2.05, 4.69) is 15.9 Å². The molecule has 4 rings (SSSR count). The van der Waals surface area contributed by atoms with Gasteiger partial charge in [0.15, 0.2) is 0 Å². The number of nitrogens with zero attached hydrogens (tertiary/aromatic N) is 2. The standard InChI is InChI=1S/C21H23BrN2O5S/c22-18-14-23(30(27,28)17-12-10-16(11-13-17)24(25)26)19-8-4-5-9-20(19)29-21(18)15-6-2-1-3-7-15/h1-3,6-7,10-13,18-21H,4-5,8-9,14H2/t18-,19-,20-,21+/m1/s1. The summed E-state index contributed by atoms with van der Waals surface area (Å²) in [6, 6.07) is 14.7. The number of non-ortho nitro benzene ring substituents is 1. The van der Waals surface area contributed by atoms with E-state index in [0.717, 1.165) is 31.2 Å². The predicted octanol–water partition coefficient (Wildman–Crippen LogP) is 4.43. The normalized spacial score (nSPS) is 27.8. The van der Waals surface area contributed by atoms with Crippen LogP contribution in [0.5, 0.6) is 0 Å². The number of benzene rings is 2. The number of nitro benzene ring substituents is 1. The summed E-state index contributed by atoms with van der Waals surface area (Å²) in [4.78, 5) is 10.2. The molecule has 4 atom stereocenters. The largest absolute Gasteiger partial charge is 0.367 e. The van der Waals surface area contributed by atoms with Crippen LogP contribution in [0.4, 0.5) is 5.69 Å². The smallest absolute Gasteiger partial charge is 0.269 e. The Balaban J connectivity index is 1.70. The number of fused-ring (bicyclic) bond motifs is 1. The third kappa shape index (κ3) is 4.16. The molecule has 1 aliphatic carbocycles. The molecule has 0 N–H and O–H groups in total. The van der Waals surface area contributed by atoms with Gasteiger partial charge in [-0.1, -0.05) is 59.1 Å². The maximum Gasteiger partial charge on any atom is 0.269 e. The summed E-state index contributed by atoms with van der Waals surface area (Å²) >= 11 is 3.69. The van der Waals surface area contributed by atoms with Crippen LogP contribution in [-0.4, -0.2) is 41.2 Å². The van der Waals surface area contributed by atoms with Crippen LogP contribution < -0.4 is 0 Å². The fourth-order valence-electron chi connectivity index (χ4n) is 4.32. The summed E-state index contributed by atoms with van der Waals surface area (Å²) in [5, 5.41) is 10.9. The Morgan fingerprint density at radius 3 is 2.37 bits per heavy atom. The third-order valence-corrected chi connectivity index (χ3v) is 8.50. The molecule has 0 spiro atoms. The number of alkyl halides is 1. The number of rotatable bonds is 4. The molecule has 2 fully saturated rings. The molecule has 2 aromatic carbocycles. The van der Waals surface area contributed by atoms with E-state index in [9.17, 15) is 18.5 Å². The van der Waals surface area contributed by atoms with Gasteiger partial charge in [0.1, 0.15) is 0 Å². The SMILES string of the molecule is O=[N+]([O-])c1ccc(S(=O)(=O)N2C[C@@H](Br)[C@H](c3ccccc3)O[C@@H]3CCCC[C@H]32)cc1. The fourth-order valence-corrected chi connectivity index (χ4v) is 6.96. The first-order valence-electron chi connectivity index (χ1n) is 9.98. The fraction of sp³-hybridized carbons (Fsp3) is 0.429. The van der Waals surface area contributed by atoms with E-state index < -0.39 is 14.9 Å². The Bertz CT molecular complexity index is 1000. The van der Waals surface area contributed by atoms with Gasteiger partial charge in [0.25, 0.3) is 5.69 Å². The van der Waals surface area contributed by atoms with Gasteiger partial charge in [-0.3, -0.25) is 10.1 Å². The monoisotopic (exact) mass is 494 g/mol. The summed E-state index contributed by atoms with van der Waals surface area (Å²) in [6.45, 7) is 0.264. The molecule has 0 radical (unpaired) electrons. The Kier molecular flexibility index (Phi) is 6.24. The second-order valence-electron chi connectivity index (χ2n) is 7.70. The Morgan fingerprint density at radius 1 is 1.03 bits per heavy atom. The molecule has 0 bridgehead atoms. The van der Waals surface area contributed by atoms with Crippen molar-refractivity contribution < 1.29 is 18.1 Å². The van der Waals surface area contributed by atoms with Crippen molar-refractivity contribution in [2.45, 2.75) is 53.7 Å². The molecule has 1 heterocycles. The van der Waals surface area contributed by atoms with Crippen LogP contribution in [-0.2, 0) is 14.8 Å². The summed E-state index contributed by atoms with van der Waals surface area (Å²) < 4.78 is 35.1. The predicted molar refractivity (Wildman–Crippen MR) is 116 cm³/mol. The highest BCUT2D eigenvalue weighted by Crippen LogP contribution is 2.40. The average molecular weight is 495 g/mol. The lowest BCUT2D eigenvalue weighted by Gasteiger charge is -2.36. The number of hydrogen-bond donors (Lipinski definition) is 0. The minimum absolute atomic E-state index is 0.0651. The lowest BCUT2D eigenvalue weighted by atomic mass is 9.92. The zero-order valence-corrected chi connectivity index (χ0v) is 18.7. The first kappa shape index (κ1) is 21.4. The molecule has 0 aromatic heterocycles. The van der Waals surface area contributed by atoms with Gasteiger partial charge in [-0.2, -0.15) is 4.31 Å². The van der Waals surface area contributed by atoms with Crippen molar-refractivity contribution in [3.63, 3.8) is 0 Å². The summed E-state index contributed by atoms with van der Waals surface area (Å²) in [5.41, 5.74) is 0.879. The third-order valence-electron chi connectivity index (χ3n) is 5.82. The molecule has 2 aromatic rings. The van der Waals surface area contributed by atoms with Gasteiger partial charge in [0, 0.05) is 18.7 Å². The quantitative estimate of drug-likeness (QED) is 0.356. The topological polar surface area (TPSA) is 89.8 Å². The van der Waals surface area contributed by atoms with Crippen molar-refractivity contribution in [1.82, 2.24) is 4.31 Å². The molecule has 1 aliphatic heterocycles. The first-order chi connectivity index (χ1) is 14.4. The Labute approximate surface area is 184 Å². The lowest BCUT2D eigenvalue weighted by Crippen LogP contribution is -2.48. The number of sulfonamides is 1. The zero-order chi connectivity index (χ0) is 21.3. The van der Waals surface area contributed by atoms with Gasteiger partial charge >= 0.3 is 0 Å². The van der Waals surface area contributed by atoms with Crippen molar-refractivity contribution in [3.8, 4) is 0 Å². The summed E-state index contributed by atoms with van der Waals surface area (Å²) in [6.07, 6.45) is 3.03. The van der Waals surface area contributed by atoms with Gasteiger partial charge < -0.3 is 4.74 Å². The minimum Gasteiger partial charge on any atom is -0.367 e. The second-order valence-corrected chi connectivity index (χ2v) is 10.8. The molecule has 160 valence electrons. The number of hydrogen-bond acceptors (Lipinski definition) is 5. The molecular formula is C21H23BrN2O5S. The maximum atomic E-state index is 13.5. The van der Waals surface area contributed by atoms with Gasteiger partial charge in [-0.25, -0.2) is 8.42 Å². The molecule has 2 aliphatic rings. The lowest BCUT2D eigenvalue weighted by molar-refractivity contribution is -0.384. The van der Waals surface area contributed by atoms with Gasteiger partial charge in [0.05, 0.1) is 32.9 Å². The highest BCUT2D eigenvalue weighted by Gasteiger charge is 2.44. The first-order valence-corrected chi connectivity index (χ1v) is 12.3. The zero-order valence-electron chi connectivity index (χ0n) is 16.3. The maximum absolute atomic E-state index is 13.5. The van der Waals surface area contributed by atoms with Gasteiger partial charge in [0.2, 0.25) is 10.0 Å². The van der Waals surface area contributed by atoms with E-state index in [1.54, 1.807) is 4.31 Å². The molecule has 1 saturated heterocycles. The average Bonchev–Trinajstić information content (AvgIpc) is 2.91. The second kappa shape index (κ2) is 8.74. The van der Waals surface area contributed by atoms with E-state index in [4.69, 9.17) is 4.74 Å². The van der Waals surface area contributed by atoms with Crippen molar-refractivity contribution in [2.75, 3.05) is 6.54 Å². The minimum atomic E-state index is -3.84. The van der Waals surface area contributed by atoms with Crippen molar-refractivity contribution in [3.05, 3.63) is 70.3 Å². The molecule has 0 amide bonds. The number of halogens is 1. The highest BCUT2D eigenvalue weighted by molar-refractivity contribution is 9.09. The van der Waals surface area contributed by atoms with Crippen LogP contribution in [0, 0.1) is 10.1 Å². The van der Waals surface area contributed by atoms with Crippen molar-refractivity contribution in [1.29, 1.82) is 0 Å². The van der Waals surface area contributed by atoms with E-state index >= 15 is 0 Å². The Morgan fingerprint density at radius 2 is 1.70 bits per heavy atom. The van der Waals surface area contributed by atoms with Crippen LogP contribution >= 0.6 is 15.9 Å². The molecule has 7 nitrogen and oxygen atoms in total. The van der Waals surface area contributed by atoms with Crippen molar-refractivity contribution in [2.24, 2.45) is 0 Å². The van der Waals surface area contributed by atoms with Crippen LogP contribution in [0.15, 0.2) is 59.5 Å². The summed E-state index contributed by atoms with van der Waals surface area (Å²) in [7, 11) is -3.84. The molecule has 1 saturated carbocycles. The van der Waals surface area contributed by atoms with Crippen LogP contribution in [0.25, 0.3) is 0 Å². The van der Waals surface area contributed by atoms with E-state index in [1.807, 2.05) is 30.3 Å². The van der Waals surface area contributed by atoms with Gasteiger partial charge in [-0.15, -0.1) is 0 Å². The van der Waals surface area contributed by atoms with E-state index in [0.29, 0.717) is 0 Å².